The summed E-state index contributed by atoms with van der Waals surface area (Å²) in [7, 11) is 0. The Morgan fingerprint density at radius 3 is 2.08 bits per heavy atom. The lowest BCUT2D eigenvalue weighted by Gasteiger charge is -2.10. The summed E-state index contributed by atoms with van der Waals surface area (Å²) in [6.45, 7) is 5.84. The number of benzene rings is 2. The Labute approximate surface area is 209 Å². The minimum Gasteiger partial charge on any atom is -0.376 e. The van der Waals surface area contributed by atoms with Gasteiger partial charge in [-0.2, -0.15) is 0 Å². The summed E-state index contributed by atoms with van der Waals surface area (Å²) in [4.78, 5) is 27.9. The van der Waals surface area contributed by atoms with Gasteiger partial charge in [0.15, 0.2) is 0 Å². The first-order valence-corrected chi connectivity index (χ1v) is 12.1. The fourth-order valence-electron chi connectivity index (χ4n) is 5.01. The molecule has 0 saturated heterocycles. The van der Waals surface area contributed by atoms with Crippen LogP contribution in [-0.4, -0.2) is 42.8 Å². The molecule has 0 aliphatic carbocycles. The number of carbonyl (C=O) groups is 2. The van der Waals surface area contributed by atoms with Crippen LogP contribution in [-0.2, 0) is 29.3 Å². The normalized spacial score (nSPS) is 14.1. The van der Waals surface area contributed by atoms with Gasteiger partial charge in [-0.3, -0.25) is 14.5 Å². The van der Waals surface area contributed by atoms with E-state index in [2.05, 4.69) is 6.08 Å². The fourth-order valence-corrected chi connectivity index (χ4v) is 5.01. The Balaban J connectivity index is 1.79. The monoisotopic (exact) mass is 483 g/mol. The first-order chi connectivity index (χ1) is 17.4. The number of nitrogens with zero attached hydrogens (tertiary/aromatic N) is 3. The quantitative estimate of drug-likeness (QED) is 0.303. The Kier molecular flexibility index (Phi) is 6.12. The standard InChI is InChI=1S/C29H29N3O4/c1-4-30-14-22(20-7-5-6-8-24(20)30)26-27(29(36)32(17-34)28(26)35)23-15-31(16-33)25-13-19(10-9-18(2)3)11-12-21(23)25/h5-9,11-15,33-34H,4,10,16-17H2,1-3H3. The number of carbonyl (C=O) groups excluding carboxylic acids is 2. The Morgan fingerprint density at radius 1 is 0.833 bits per heavy atom. The predicted octanol–water partition coefficient (Wildman–Crippen LogP) is 4.30. The Hall–Kier alpha value is -3.94. The molecule has 0 atom stereocenters. The zero-order valence-corrected chi connectivity index (χ0v) is 20.7. The van der Waals surface area contributed by atoms with Crippen molar-refractivity contribution in [3.8, 4) is 0 Å². The van der Waals surface area contributed by atoms with Crippen molar-refractivity contribution in [2.45, 2.75) is 40.5 Å². The third-order valence-electron chi connectivity index (χ3n) is 6.82. The van der Waals surface area contributed by atoms with E-state index in [4.69, 9.17) is 0 Å². The van der Waals surface area contributed by atoms with Crippen molar-refractivity contribution in [3.05, 3.63) is 83.2 Å². The zero-order valence-electron chi connectivity index (χ0n) is 20.7. The minimum absolute atomic E-state index is 0.238. The van der Waals surface area contributed by atoms with Gasteiger partial charge < -0.3 is 19.3 Å². The fraction of sp³-hybridized carbons (Fsp3) is 0.241. The molecule has 7 nitrogen and oxygen atoms in total. The summed E-state index contributed by atoms with van der Waals surface area (Å²) < 4.78 is 3.72. The predicted molar refractivity (Wildman–Crippen MR) is 141 cm³/mol. The summed E-state index contributed by atoms with van der Waals surface area (Å²) in [6, 6.07) is 13.7. The molecule has 0 fully saturated rings. The average Bonchev–Trinajstić information content (AvgIpc) is 3.51. The Morgan fingerprint density at radius 2 is 1.47 bits per heavy atom. The van der Waals surface area contributed by atoms with Crippen LogP contribution in [0.5, 0.6) is 0 Å². The number of hydrogen-bond donors (Lipinski definition) is 2. The third kappa shape index (κ3) is 3.68. The molecule has 0 unspecified atom stereocenters. The van der Waals surface area contributed by atoms with Crippen LogP contribution >= 0.6 is 0 Å². The molecule has 5 rings (SSSR count). The molecule has 3 heterocycles. The van der Waals surface area contributed by atoms with E-state index < -0.39 is 18.5 Å². The molecule has 0 spiro atoms. The smallest absolute Gasteiger partial charge is 0.264 e. The second-order valence-electron chi connectivity index (χ2n) is 9.27. The molecule has 36 heavy (non-hydrogen) atoms. The van der Waals surface area contributed by atoms with E-state index in [-0.39, 0.29) is 17.9 Å². The van der Waals surface area contributed by atoms with Crippen molar-refractivity contribution in [3.63, 3.8) is 0 Å². The van der Waals surface area contributed by atoms with Crippen molar-refractivity contribution in [2.75, 3.05) is 6.73 Å². The van der Waals surface area contributed by atoms with Gasteiger partial charge in [-0.15, -0.1) is 0 Å². The van der Waals surface area contributed by atoms with Crippen LogP contribution in [0.2, 0.25) is 0 Å². The van der Waals surface area contributed by atoms with Crippen molar-refractivity contribution in [1.29, 1.82) is 0 Å². The maximum atomic E-state index is 13.5. The number of aliphatic hydroxyl groups excluding tert-OH is 2. The van der Waals surface area contributed by atoms with Gasteiger partial charge in [-0.05, 0) is 44.9 Å². The zero-order chi connectivity index (χ0) is 25.6. The lowest BCUT2D eigenvalue weighted by atomic mass is 9.95. The number of imide groups is 1. The van der Waals surface area contributed by atoms with Crippen LogP contribution in [0.3, 0.4) is 0 Å². The number of aliphatic hydroxyl groups is 2. The number of aromatic nitrogens is 2. The summed E-state index contributed by atoms with van der Waals surface area (Å²) in [6.07, 6.45) is 6.51. The first kappa shape index (κ1) is 23.8. The molecule has 1 aliphatic rings. The van der Waals surface area contributed by atoms with Gasteiger partial charge in [-0.25, -0.2) is 0 Å². The average molecular weight is 484 g/mol. The SMILES string of the molecule is CCn1cc(C2=C(c3cn(CO)c4cc(CC=C(C)C)ccc34)C(=O)N(CO)C2=O)c2ccccc21. The first-order valence-electron chi connectivity index (χ1n) is 12.1. The van der Waals surface area contributed by atoms with Gasteiger partial charge in [0, 0.05) is 46.4 Å². The van der Waals surface area contributed by atoms with Crippen LogP contribution in [0.25, 0.3) is 33.0 Å². The van der Waals surface area contributed by atoms with Gasteiger partial charge in [0.05, 0.1) is 16.7 Å². The molecule has 2 amide bonds. The maximum Gasteiger partial charge on any atom is 0.264 e. The highest BCUT2D eigenvalue weighted by Crippen LogP contribution is 2.41. The molecule has 1 aliphatic heterocycles. The van der Waals surface area contributed by atoms with E-state index in [0.717, 1.165) is 38.7 Å². The highest BCUT2D eigenvalue weighted by molar-refractivity contribution is 6.50. The lowest BCUT2D eigenvalue weighted by molar-refractivity contribution is -0.139. The van der Waals surface area contributed by atoms with Gasteiger partial charge >= 0.3 is 0 Å². The van der Waals surface area contributed by atoms with E-state index in [1.54, 1.807) is 10.8 Å². The molecule has 0 saturated carbocycles. The molecular formula is C29H29N3O4. The highest BCUT2D eigenvalue weighted by Gasteiger charge is 2.41. The molecule has 2 N–H and O–H groups in total. The van der Waals surface area contributed by atoms with Crippen molar-refractivity contribution < 1.29 is 19.8 Å². The van der Waals surface area contributed by atoms with Crippen LogP contribution < -0.4 is 0 Å². The van der Waals surface area contributed by atoms with Crippen molar-refractivity contribution in [2.24, 2.45) is 0 Å². The van der Waals surface area contributed by atoms with Crippen LogP contribution in [0.4, 0.5) is 0 Å². The van der Waals surface area contributed by atoms with Crippen LogP contribution in [0.15, 0.2) is 66.5 Å². The highest BCUT2D eigenvalue weighted by atomic mass is 16.3. The summed E-state index contributed by atoms with van der Waals surface area (Å²) >= 11 is 0. The number of amides is 2. The molecule has 2 aromatic carbocycles. The third-order valence-corrected chi connectivity index (χ3v) is 6.82. The van der Waals surface area contributed by atoms with Crippen LogP contribution in [0, 0.1) is 0 Å². The summed E-state index contributed by atoms with van der Waals surface area (Å²) in [5.74, 6) is -1.07. The van der Waals surface area contributed by atoms with Gasteiger partial charge in [0.25, 0.3) is 11.8 Å². The van der Waals surface area contributed by atoms with Crippen molar-refractivity contribution in [1.82, 2.24) is 14.0 Å². The topological polar surface area (TPSA) is 87.7 Å². The molecule has 4 aromatic rings. The molecule has 2 aromatic heterocycles. The number of aryl methyl sites for hydroxylation is 1. The molecule has 7 heteroatoms. The number of rotatable bonds is 7. The van der Waals surface area contributed by atoms with E-state index in [1.807, 2.05) is 74.0 Å². The largest absolute Gasteiger partial charge is 0.376 e. The maximum absolute atomic E-state index is 13.5. The minimum atomic E-state index is -0.706. The second kappa shape index (κ2) is 9.26. The van der Waals surface area contributed by atoms with E-state index in [0.29, 0.717) is 17.7 Å². The lowest BCUT2D eigenvalue weighted by Crippen LogP contribution is -2.32. The van der Waals surface area contributed by atoms with Gasteiger partial charge in [-0.1, -0.05) is 42.0 Å². The second-order valence-corrected chi connectivity index (χ2v) is 9.27. The van der Waals surface area contributed by atoms with Crippen molar-refractivity contribution >= 4 is 44.8 Å². The molecule has 0 bridgehead atoms. The number of fused-ring (bicyclic) bond motifs is 2. The van der Waals surface area contributed by atoms with Gasteiger partial charge in [0.2, 0.25) is 0 Å². The molecule has 0 radical (unpaired) electrons. The summed E-state index contributed by atoms with van der Waals surface area (Å²) in [5.41, 5.74) is 5.75. The summed E-state index contributed by atoms with van der Waals surface area (Å²) in [5, 5.41) is 21.6. The van der Waals surface area contributed by atoms with Crippen LogP contribution in [0.1, 0.15) is 37.5 Å². The number of para-hydroxylation sites is 1. The number of allylic oxidation sites excluding steroid dienone is 2. The number of hydrogen-bond acceptors (Lipinski definition) is 4. The molecular weight excluding hydrogens is 454 g/mol. The van der Waals surface area contributed by atoms with E-state index in [1.165, 1.54) is 5.57 Å². The van der Waals surface area contributed by atoms with Gasteiger partial charge in [0.1, 0.15) is 13.5 Å². The molecule has 184 valence electrons. The van der Waals surface area contributed by atoms with E-state index >= 15 is 0 Å². The van der Waals surface area contributed by atoms with E-state index in [9.17, 15) is 19.8 Å². The Bertz CT molecular complexity index is 1580.